The maximum absolute atomic E-state index is 12.0. The number of rotatable bonds is 7. The Morgan fingerprint density at radius 1 is 1.27 bits per heavy atom. The van der Waals surface area contributed by atoms with E-state index in [2.05, 4.69) is 16.8 Å². The Labute approximate surface area is 136 Å². The van der Waals surface area contributed by atoms with E-state index < -0.39 is 0 Å². The summed E-state index contributed by atoms with van der Waals surface area (Å²) in [5.41, 5.74) is 2.28. The molecule has 118 valence electrons. The summed E-state index contributed by atoms with van der Waals surface area (Å²) >= 11 is 1.66. The van der Waals surface area contributed by atoms with Crippen LogP contribution in [0.5, 0.6) is 5.75 Å². The fourth-order valence-electron chi connectivity index (χ4n) is 2.22. The van der Waals surface area contributed by atoms with Crippen LogP contribution in [0.2, 0.25) is 0 Å². The highest BCUT2D eigenvalue weighted by Gasteiger charge is 2.11. The lowest BCUT2D eigenvalue weighted by molar-refractivity contribution is -0.121. The molecule has 0 fully saturated rings. The molecule has 1 amide bonds. The van der Waals surface area contributed by atoms with Gasteiger partial charge < -0.3 is 10.1 Å². The zero-order valence-electron chi connectivity index (χ0n) is 13.3. The van der Waals surface area contributed by atoms with Crippen molar-refractivity contribution in [3.63, 3.8) is 0 Å². The molecule has 1 aromatic carbocycles. The molecule has 0 saturated carbocycles. The number of aryl methyl sites for hydroxylation is 1. The number of carbonyl (C=O) groups excluding carboxylic acids is 1. The molecule has 22 heavy (non-hydrogen) atoms. The van der Waals surface area contributed by atoms with Gasteiger partial charge in [-0.1, -0.05) is 12.1 Å². The average Bonchev–Trinajstić information content (AvgIpc) is 2.98. The summed E-state index contributed by atoms with van der Waals surface area (Å²) in [4.78, 5) is 12.0. The molecule has 0 saturated heterocycles. The van der Waals surface area contributed by atoms with Crippen LogP contribution in [0.25, 0.3) is 0 Å². The van der Waals surface area contributed by atoms with Crippen molar-refractivity contribution < 1.29 is 9.53 Å². The molecule has 2 rings (SSSR count). The lowest BCUT2D eigenvalue weighted by Crippen LogP contribution is -2.26. The third-order valence-electron chi connectivity index (χ3n) is 3.33. The van der Waals surface area contributed by atoms with Crippen LogP contribution in [-0.2, 0) is 11.2 Å². The maximum atomic E-state index is 12.0. The van der Waals surface area contributed by atoms with Crippen molar-refractivity contribution in [3.8, 4) is 5.75 Å². The highest BCUT2D eigenvalue weighted by atomic mass is 32.1. The summed E-state index contributed by atoms with van der Waals surface area (Å²) < 4.78 is 5.69. The molecule has 0 aliphatic carbocycles. The number of thiophene rings is 1. The van der Waals surface area contributed by atoms with Crippen molar-refractivity contribution in [2.45, 2.75) is 45.8 Å². The number of carbonyl (C=O) groups is 1. The fourth-order valence-corrected chi connectivity index (χ4v) is 2.92. The van der Waals surface area contributed by atoms with Crippen LogP contribution in [0.1, 0.15) is 44.4 Å². The molecular formula is C18H23NO2S. The van der Waals surface area contributed by atoms with Crippen molar-refractivity contribution in [1.82, 2.24) is 5.32 Å². The van der Waals surface area contributed by atoms with Crippen LogP contribution >= 0.6 is 11.3 Å². The van der Waals surface area contributed by atoms with E-state index in [1.165, 1.54) is 5.56 Å². The fraction of sp³-hybridized carbons (Fsp3) is 0.389. The summed E-state index contributed by atoms with van der Waals surface area (Å²) in [5.74, 6) is 0.917. The van der Waals surface area contributed by atoms with Gasteiger partial charge >= 0.3 is 0 Å². The Morgan fingerprint density at radius 2 is 2.09 bits per heavy atom. The Kier molecular flexibility index (Phi) is 6.01. The predicted molar refractivity (Wildman–Crippen MR) is 91.4 cm³/mol. The largest absolute Gasteiger partial charge is 0.491 e. The number of amides is 1. The van der Waals surface area contributed by atoms with Crippen LogP contribution in [0, 0.1) is 0 Å². The zero-order valence-corrected chi connectivity index (χ0v) is 14.2. The Hall–Kier alpha value is -1.81. The molecule has 0 spiro atoms. The van der Waals surface area contributed by atoms with Crippen LogP contribution in [-0.4, -0.2) is 12.0 Å². The summed E-state index contributed by atoms with van der Waals surface area (Å²) in [7, 11) is 0. The summed E-state index contributed by atoms with van der Waals surface area (Å²) in [5, 5.41) is 7.17. The van der Waals surface area contributed by atoms with E-state index in [1.807, 2.05) is 50.4 Å². The minimum absolute atomic E-state index is 0.0225. The summed E-state index contributed by atoms with van der Waals surface area (Å²) in [6.07, 6.45) is 1.45. The van der Waals surface area contributed by atoms with Gasteiger partial charge in [-0.3, -0.25) is 4.79 Å². The van der Waals surface area contributed by atoms with Gasteiger partial charge in [0.05, 0.1) is 12.1 Å². The first-order valence-electron chi connectivity index (χ1n) is 7.61. The molecule has 3 nitrogen and oxygen atoms in total. The molecule has 4 heteroatoms. The molecule has 1 aromatic heterocycles. The van der Waals surface area contributed by atoms with Gasteiger partial charge in [0.2, 0.25) is 5.91 Å². The molecule has 2 aromatic rings. The van der Waals surface area contributed by atoms with Gasteiger partial charge in [-0.05, 0) is 67.3 Å². The molecule has 1 heterocycles. The van der Waals surface area contributed by atoms with E-state index in [9.17, 15) is 4.79 Å². The molecule has 0 unspecified atom stereocenters. The first kappa shape index (κ1) is 16.6. The van der Waals surface area contributed by atoms with Crippen molar-refractivity contribution in [2.24, 2.45) is 0 Å². The molecule has 0 radical (unpaired) electrons. The second-order valence-electron chi connectivity index (χ2n) is 5.66. The molecule has 0 bridgehead atoms. The lowest BCUT2D eigenvalue weighted by Gasteiger charge is -2.16. The van der Waals surface area contributed by atoms with Crippen LogP contribution < -0.4 is 10.1 Å². The number of nitrogens with one attached hydrogen (secondary N) is 1. The summed E-state index contributed by atoms with van der Waals surface area (Å²) in [6.45, 7) is 6.00. The molecule has 1 atom stereocenters. The van der Waals surface area contributed by atoms with Crippen molar-refractivity contribution in [1.29, 1.82) is 0 Å². The van der Waals surface area contributed by atoms with E-state index in [4.69, 9.17) is 4.74 Å². The van der Waals surface area contributed by atoms with Gasteiger partial charge in [0.15, 0.2) is 0 Å². The quantitative estimate of drug-likeness (QED) is 0.824. The highest BCUT2D eigenvalue weighted by molar-refractivity contribution is 7.07. The first-order chi connectivity index (χ1) is 10.5. The normalized spacial score (nSPS) is 12.2. The monoisotopic (exact) mass is 317 g/mol. The SMILES string of the molecule is CC(C)Oc1cccc([C@H](C)NC(=O)CCc2ccsc2)c1. The van der Waals surface area contributed by atoms with E-state index in [-0.39, 0.29) is 18.1 Å². The molecule has 0 aliphatic rings. The van der Waals surface area contributed by atoms with Gasteiger partial charge in [-0.2, -0.15) is 11.3 Å². The standard InChI is InChI=1S/C18H23NO2S/c1-13(2)21-17-6-4-5-16(11-17)14(3)19-18(20)8-7-15-9-10-22-12-15/h4-6,9-14H,7-8H2,1-3H3,(H,19,20)/t14-/m0/s1. The van der Waals surface area contributed by atoms with Crippen LogP contribution in [0.15, 0.2) is 41.1 Å². The number of hydrogen-bond donors (Lipinski definition) is 1. The van der Waals surface area contributed by atoms with Crippen molar-refractivity contribution >= 4 is 17.2 Å². The van der Waals surface area contributed by atoms with Crippen molar-refractivity contribution in [3.05, 3.63) is 52.2 Å². The first-order valence-corrected chi connectivity index (χ1v) is 8.56. The summed E-state index contributed by atoms with van der Waals surface area (Å²) in [6, 6.07) is 9.94. The number of ether oxygens (including phenoxy) is 1. The average molecular weight is 317 g/mol. The smallest absolute Gasteiger partial charge is 0.220 e. The Balaban J connectivity index is 1.88. The highest BCUT2D eigenvalue weighted by Crippen LogP contribution is 2.20. The third kappa shape index (κ3) is 5.19. The minimum atomic E-state index is -0.0225. The molecular weight excluding hydrogens is 294 g/mol. The topological polar surface area (TPSA) is 38.3 Å². The second-order valence-corrected chi connectivity index (χ2v) is 6.44. The van der Waals surface area contributed by atoms with Crippen LogP contribution in [0.3, 0.4) is 0 Å². The zero-order chi connectivity index (χ0) is 15.9. The predicted octanol–water partition coefficient (Wildman–Crippen LogP) is 4.35. The lowest BCUT2D eigenvalue weighted by atomic mass is 10.1. The van der Waals surface area contributed by atoms with Gasteiger partial charge in [-0.15, -0.1) is 0 Å². The number of benzene rings is 1. The Bertz CT molecular complexity index is 593. The molecule has 1 N–H and O–H groups in total. The van der Waals surface area contributed by atoms with E-state index in [0.29, 0.717) is 6.42 Å². The van der Waals surface area contributed by atoms with Gasteiger partial charge in [0, 0.05) is 6.42 Å². The van der Waals surface area contributed by atoms with Crippen molar-refractivity contribution in [2.75, 3.05) is 0 Å². The minimum Gasteiger partial charge on any atom is -0.491 e. The van der Waals surface area contributed by atoms with E-state index in [1.54, 1.807) is 11.3 Å². The van der Waals surface area contributed by atoms with Gasteiger partial charge in [0.1, 0.15) is 5.75 Å². The second kappa shape index (κ2) is 7.99. The third-order valence-corrected chi connectivity index (χ3v) is 4.06. The molecule has 0 aliphatic heterocycles. The van der Waals surface area contributed by atoms with E-state index in [0.717, 1.165) is 17.7 Å². The maximum Gasteiger partial charge on any atom is 0.220 e. The van der Waals surface area contributed by atoms with E-state index >= 15 is 0 Å². The Morgan fingerprint density at radius 3 is 2.77 bits per heavy atom. The van der Waals surface area contributed by atoms with Crippen LogP contribution in [0.4, 0.5) is 0 Å². The van der Waals surface area contributed by atoms with Gasteiger partial charge in [-0.25, -0.2) is 0 Å². The van der Waals surface area contributed by atoms with Gasteiger partial charge in [0.25, 0.3) is 0 Å². The number of hydrogen-bond acceptors (Lipinski definition) is 3.